The van der Waals surface area contributed by atoms with Crippen LogP contribution in [-0.2, 0) is 17.9 Å². The number of carbonyl (C=O) groups excluding carboxylic acids is 1. The van der Waals surface area contributed by atoms with Crippen LogP contribution in [0.4, 0.5) is 0 Å². The highest BCUT2D eigenvalue weighted by Crippen LogP contribution is 2.15. The minimum Gasteiger partial charge on any atom is -0.328 e. The molecular formula is C23H29N3OS+2. The molecule has 1 saturated heterocycles. The standard InChI is InChI=1S/C23H27N3OS/c1-24(16-19-8-9-20-5-2-3-6-21(20)15-19)18-23(27)26-12-10-25(11-13-26)17-22-7-4-14-28-22/h2-9,14-15H,10-13,16-18H2,1H3/p+2. The summed E-state index contributed by atoms with van der Waals surface area (Å²) in [5.41, 5.74) is 1.29. The Bertz CT molecular complexity index is 917. The summed E-state index contributed by atoms with van der Waals surface area (Å²) in [6.45, 7) is 6.38. The maximum atomic E-state index is 12.7. The molecule has 0 saturated carbocycles. The Labute approximate surface area is 171 Å². The summed E-state index contributed by atoms with van der Waals surface area (Å²) in [6, 6.07) is 19.4. The fraction of sp³-hybridized carbons (Fsp3) is 0.348. The summed E-state index contributed by atoms with van der Waals surface area (Å²) in [4.78, 5) is 19.1. The predicted octanol–water partition coefficient (Wildman–Crippen LogP) is 0.843. The van der Waals surface area contributed by atoms with E-state index in [-0.39, 0.29) is 5.91 Å². The Morgan fingerprint density at radius 2 is 1.86 bits per heavy atom. The van der Waals surface area contributed by atoms with Crippen LogP contribution < -0.4 is 9.80 Å². The van der Waals surface area contributed by atoms with E-state index < -0.39 is 0 Å². The number of benzene rings is 2. The Balaban J connectivity index is 1.26. The number of piperazine rings is 1. The van der Waals surface area contributed by atoms with E-state index in [1.807, 2.05) is 11.3 Å². The molecule has 1 amide bonds. The molecule has 1 aromatic heterocycles. The number of quaternary nitrogens is 2. The zero-order valence-electron chi connectivity index (χ0n) is 16.5. The largest absolute Gasteiger partial charge is 0.328 e. The zero-order valence-corrected chi connectivity index (χ0v) is 17.3. The third-order valence-electron chi connectivity index (χ3n) is 5.60. The fourth-order valence-electron chi connectivity index (χ4n) is 4.04. The highest BCUT2D eigenvalue weighted by atomic mass is 32.1. The predicted molar refractivity (Wildman–Crippen MR) is 115 cm³/mol. The zero-order chi connectivity index (χ0) is 19.3. The molecule has 1 unspecified atom stereocenters. The highest BCUT2D eigenvalue weighted by molar-refractivity contribution is 7.09. The van der Waals surface area contributed by atoms with Gasteiger partial charge in [0.15, 0.2) is 6.54 Å². The number of nitrogens with one attached hydrogen (secondary N) is 2. The molecule has 4 rings (SSSR count). The van der Waals surface area contributed by atoms with Gasteiger partial charge >= 0.3 is 0 Å². The van der Waals surface area contributed by atoms with Gasteiger partial charge in [-0.15, -0.1) is 11.3 Å². The van der Waals surface area contributed by atoms with Crippen molar-refractivity contribution < 1.29 is 14.6 Å². The first-order valence-electron chi connectivity index (χ1n) is 10.1. The van der Waals surface area contributed by atoms with Crippen molar-refractivity contribution in [3.8, 4) is 0 Å². The Kier molecular flexibility index (Phi) is 6.05. The normalized spacial score (nSPS) is 16.4. The second-order valence-corrected chi connectivity index (χ2v) is 8.91. The Morgan fingerprint density at radius 3 is 2.61 bits per heavy atom. The summed E-state index contributed by atoms with van der Waals surface area (Å²) in [7, 11) is 2.12. The van der Waals surface area contributed by atoms with E-state index >= 15 is 0 Å². The lowest BCUT2D eigenvalue weighted by atomic mass is 10.1. The van der Waals surface area contributed by atoms with Gasteiger partial charge in [0.2, 0.25) is 0 Å². The number of rotatable bonds is 6. The minimum atomic E-state index is 0.286. The number of thiophene rings is 1. The average Bonchev–Trinajstić information content (AvgIpc) is 3.21. The van der Waals surface area contributed by atoms with Crippen molar-refractivity contribution in [2.75, 3.05) is 39.8 Å². The van der Waals surface area contributed by atoms with E-state index in [1.165, 1.54) is 26.1 Å². The minimum absolute atomic E-state index is 0.286. The summed E-state index contributed by atoms with van der Waals surface area (Å²) in [5, 5.41) is 4.68. The molecule has 1 fully saturated rings. The molecule has 28 heavy (non-hydrogen) atoms. The first-order valence-corrected chi connectivity index (χ1v) is 11.0. The van der Waals surface area contributed by atoms with Crippen LogP contribution >= 0.6 is 11.3 Å². The van der Waals surface area contributed by atoms with Crippen LogP contribution in [0, 0.1) is 0 Å². The van der Waals surface area contributed by atoms with Crippen molar-refractivity contribution in [2.45, 2.75) is 13.1 Å². The maximum absolute atomic E-state index is 12.7. The van der Waals surface area contributed by atoms with Crippen LogP contribution in [0.3, 0.4) is 0 Å². The summed E-state index contributed by atoms with van der Waals surface area (Å²) >= 11 is 1.83. The van der Waals surface area contributed by atoms with Crippen molar-refractivity contribution in [3.63, 3.8) is 0 Å². The topological polar surface area (TPSA) is 29.2 Å². The molecule has 2 aromatic carbocycles. The van der Waals surface area contributed by atoms with Crippen molar-refractivity contribution in [1.82, 2.24) is 4.90 Å². The number of carbonyl (C=O) groups is 1. The number of hydrogen-bond acceptors (Lipinski definition) is 2. The highest BCUT2D eigenvalue weighted by Gasteiger charge is 2.25. The quantitative estimate of drug-likeness (QED) is 0.637. The van der Waals surface area contributed by atoms with Gasteiger partial charge in [-0.25, -0.2) is 0 Å². The third kappa shape index (κ3) is 4.79. The molecular weight excluding hydrogens is 366 g/mol. The van der Waals surface area contributed by atoms with Gasteiger partial charge in [-0.3, -0.25) is 4.79 Å². The van der Waals surface area contributed by atoms with Gasteiger partial charge in [0, 0.05) is 5.56 Å². The van der Waals surface area contributed by atoms with Gasteiger partial charge in [0.1, 0.15) is 13.1 Å². The van der Waals surface area contributed by atoms with Gasteiger partial charge in [-0.2, -0.15) is 0 Å². The first-order chi connectivity index (χ1) is 13.7. The lowest BCUT2D eigenvalue weighted by Crippen LogP contribution is -3.14. The lowest BCUT2D eigenvalue weighted by Gasteiger charge is -2.32. The molecule has 4 nitrogen and oxygen atoms in total. The van der Waals surface area contributed by atoms with Crippen LogP contribution in [0.1, 0.15) is 10.4 Å². The molecule has 2 heterocycles. The molecule has 3 aromatic rings. The van der Waals surface area contributed by atoms with Crippen LogP contribution in [0.15, 0.2) is 60.0 Å². The van der Waals surface area contributed by atoms with Crippen molar-refractivity contribution in [2.24, 2.45) is 0 Å². The Hall–Kier alpha value is -2.21. The molecule has 1 aliphatic rings. The van der Waals surface area contributed by atoms with Crippen molar-refractivity contribution in [3.05, 3.63) is 70.4 Å². The number of fused-ring (bicyclic) bond motifs is 1. The van der Waals surface area contributed by atoms with Gasteiger partial charge in [-0.1, -0.05) is 42.5 Å². The monoisotopic (exact) mass is 395 g/mol. The van der Waals surface area contributed by atoms with Crippen molar-refractivity contribution in [1.29, 1.82) is 0 Å². The van der Waals surface area contributed by atoms with E-state index in [4.69, 9.17) is 0 Å². The van der Waals surface area contributed by atoms with Crippen molar-refractivity contribution >= 4 is 28.0 Å². The fourth-order valence-corrected chi connectivity index (χ4v) is 4.81. The number of nitrogens with zero attached hydrogens (tertiary/aromatic N) is 1. The summed E-state index contributed by atoms with van der Waals surface area (Å²) in [6.07, 6.45) is 0. The van der Waals surface area contributed by atoms with E-state index in [0.29, 0.717) is 6.54 Å². The second-order valence-electron chi connectivity index (χ2n) is 7.88. The molecule has 0 radical (unpaired) electrons. The van der Waals surface area contributed by atoms with Gasteiger partial charge in [0.25, 0.3) is 5.91 Å². The lowest BCUT2D eigenvalue weighted by molar-refractivity contribution is -0.917. The van der Waals surface area contributed by atoms with Crippen LogP contribution in [0.5, 0.6) is 0 Å². The Morgan fingerprint density at radius 1 is 1.07 bits per heavy atom. The number of amides is 1. The molecule has 0 bridgehead atoms. The third-order valence-corrected chi connectivity index (χ3v) is 6.48. The van der Waals surface area contributed by atoms with Gasteiger partial charge < -0.3 is 14.7 Å². The van der Waals surface area contributed by atoms with E-state index in [0.717, 1.165) is 39.3 Å². The molecule has 1 atom stereocenters. The maximum Gasteiger partial charge on any atom is 0.278 e. The summed E-state index contributed by atoms with van der Waals surface area (Å²) in [5.74, 6) is 0.286. The molecule has 2 N–H and O–H groups in total. The van der Waals surface area contributed by atoms with E-state index in [2.05, 4.69) is 71.9 Å². The van der Waals surface area contributed by atoms with Crippen LogP contribution in [0.2, 0.25) is 0 Å². The van der Waals surface area contributed by atoms with Crippen LogP contribution in [-0.4, -0.2) is 50.6 Å². The average molecular weight is 396 g/mol. The van der Waals surface area contributed by atoms with E-state index in [9.17, 15) is 4.79 Å². The SMILES string of the molecule is C[NH+](CC(=O)N1CC[NH+](Cc2cccs2)CC1)Cc1ccc2ccccc2c1. The summed E-state index contributed by atoms with van der Waals surface area (Å²) < 4.78 is 0. The van der Waals surface area contributed by atoms with Crippen LogP contribution in [0.25, 0.3) is 10.8 Å². The number of likely N-dealkylation sites (N-methyl/N-ethyl adjacent to an activating group) is 1. The van der Waals surface area contributed by atoms with Gasteiger partial charge in [-0.05, 0) is 28.3 Å². The molecule has 146 valence electrons. The molecule has 0 spiro atoms. The van der Waals surface area contributed by atoms with E-state index in [1.54, 1.807) is 4.90 Å². The number of hydrogen-bond donors (Lipinski definition) is 2. The first kappa shape index (κ1) is 19.1. The molecule has 0 aliphatic carbocycles. The molecule has 5 heteroatoms. The smallest absolute Gasteiger partial charge is 0.278 e. The molecule has 1 aliphatic heterocycles. The van der Waals surface area contributed by atoms with Gasteiger partial charge in [0.05, 0.1) is 38.1 Å². The second kappa shape index (κ2) is 8.86.